The molecule has 0 saturated carbocycles. The molecule has 2 N–H and O–H groups in total. The SMILES string of the molecule is Cc1cc(NC(=O)c2ccco2)sc1C(=O)OCC(=O)Nc1ccc2c(c1)OCCO2. The molecular weight excluding hydrogens is 424 g/mol. The van der Waals surface area contributed by atoms with E-state index >= 15 is 0 Å². The Morgan fingerprint density at radius 1 is 1.06 bits per heavy atom. The Labute approximate surface area is 180 Å². The lowest BCUT2D eigenvalue weighted by Crippen LogP contribution is -2.21. The number of esters is 1. The molecule has 0 aliphatic carbocycles. The van der Waals surface area contributed by atoms with E-state index in [1.54, 1.807) is 37.3 Å². The van der Waals surface area contributed by atoms with Gasteiger partial charge in [0.15, 0.2) is 23.9 Å². The molecule has 0 saturated heterocycles. The van der Waals surface area contributed by atoms with Gasteiger partial charge in [0.2, 0.25) is 0 Å². The first kappa shape index (κ1) is 20.5. The zero-order chi connectivity index (χ0) is 21.8. The van der Waals surface area contributed by atoms with Crippen LogP contribution in [0.1, 0.15) is 25.8 Å². The van der Waals surface area contributed by atoms with Gasteiger partial charge in [-0.05, 0) is 42.8 Å². The molecule has 4 rings (SSSR count). The van der Waals surface area contributed by atoms with Crippen LogP contribution in [0.3, 0.4) is 0 Å². The molecule has 3 aromatic rings. The van der Waals surface area contributed by atoms with Gasteiger partial charge in [-0.2, -0.15) is 0 Å². The zero-order valence-corrected chi connectivity index (χ0v) is 17.2. The molecule has 31 heavy (non-hydrogen) atoms. The van der Waals surface area contributed by atoms with E-state index in [0.29, 0.717) is 45.8 Å². The number of hydrogen-bond donors (Lipinski definition) is 2. The average Bonchev–Trinajstić information content (AvgIpc) is 3.42. The quantitative estimate of drug-likeness (QED) is 0.562. The van der Waals surface area contributed by atoms with Crippen molar-refractivity contribution < 1.29 is 33.0 Å². The first-order chi connectivity index (χ1) is 15.0. The molecule has 0 fully saturated rings. The minimum absolute atomic E-state index is 0.158. The third-order valence-electron chi connectivity index (χ3n) is 4.25. The summed E-state index contributed by atoms with van der Waals surface area (Å²) >= 11 is 1.05. The van der Waals surface area contributed by atoms with Crippen LogP contribution >= 0.6 is 11.3 Å². The molecule has 0 unspecified atom stereocenters. The summed E-state index contributed by atoms with van der Waals surface area (Å²) in [4.78, 5) is 36.9. The van der Waals surface area contributed by atoms with Gasteiger partial charge in [-0.25, -0.2) is 4.79 Å². The third-order valence-corrected chi connectivity index (χ3v) is 5.38. The minimum atomic E-state index is -0.654. The van der Waals surface area contributed by atoms with E-state index in [-0.39, 0.29) is 5.76 Å². The van der Waals surface area contributed by atoms with Crippen LogP contribution in [0.25, 0.3) is 0 Å². The molecule has 1 aromatic carbocycles. The van der Waals surface area contributed by atoms with Crippen LogP contribution in [-0.2, 0) is 9.53 Å². The molecule has 2 aromatic heterocycles. The van der Waals surface area contributed by atoms with Crippen LogP contribution < -0.4 is 20.1 Å². The highest BCUT2D eigenvalue weighted by Gasteiger charge is 2.19. The number of benzene rings is 1. The molecule has 0 radical (unpaired) electrons. The number of nitrogens with one attached hydrogen (secondary N) is 2. The van der Waals surface area contributed by atoms with Crippen molar-refractivity contribution in [1.29, 1.82) is 0 Å². The maximum absolute atomic E-state index is 12.4. The van der Waals surface area contributed by atoms with Gasteiger partial charge in [-0.15, -0.1) is 11.3 Å². The van der Waals surface area contributed by atoms with Crippen molar-refractivity contribution in [3.8, 4) is 11.5 Å². The summed E-state index contributed by atoms with van der Waals surface area (Å²) in [6.45, 7) is 2.17. The van der Waals surface area contributed by atoms with Crippen LogP contribution in [0.15, 0.2) is 47.1 Å². The van der Waals surface area contributed by atoms with Crippen molar-refractivity contribution >= 4 is 39.8 Å². The second-order valence-electron chi connectivity index (χ2n) is 6.54. The highest BCUT2D eigenvalue weighted by molar-refractivity contribution is 7.18. The topological polar surface area (TPSA) is 116 Å². The number of amides is 2. The largest absolute Gasteiger partial charge is 0.486 e. The number of anilines is 2. The monoisotopic (exact) mass is 442 g/mol. The standard InChI is InChI=1S/C21H18N2O7S/c1-12-9-18(23-20(25)15-3-2-6-27-15)31-19(12)21(26)30-11-17(24)22-13-4-5-14-16(10-13)29-8-7-28-14/h2-6,9-10H,7-8,11H2,1H3,(H,22,24)(H,23,25). The van der Waals surface area contributed by atoms with E-state index in [4.69, 9.17) is 18.6 Å². The van der Waals surface area contributed by atoms with Crippen molar-refractivity contribution in [2.45, 2.75) is 6.92 Å². The average molecular weight is 442 g/mol. The van der Waals surface area contributed by atoms with Gasteiger partial charge in [-0.1, -0.05) is 0 Å². The van der Waals surface area contributed by atoms with Crippen molar-refractivity contribution in [3.63, 3.8) is 0 Å². The number of rotatable bonds is 6. The molecule has 0 bridgehead atoms. The van der Waals surface area contributed by atoms with Crippen LogP contribution in [0.2, 0.25) is 0 Å². The first-order valence-corrected chi connectivity index (χ1v) is 10.1. The van der Waals surface area contributed by atoms with Gasteiger partial charge in [0, 0.05) is 11.8 Å². The summed E-state index contributed by atoms with van der Waals surface area (Å²) in [5.74, 6) is -0.266. The summed E-state index contributed by atoms with van der Waals surface area (Å²) in [6, 6.07) is 9.80. The van der Waals surface area contributed by atoms with E-state index in [1.165, 1.54) is 12.3 Å². The minimum Gasteiger partial charge on any atom is -0.486 e. The van der Waals surface area contributed by atoms with Crippen LogP contribution in [0, 0.1) is 6.92 Å². The number of aryl methyl sites for hydroxylation is 1. The van der Waals surface area contributed by atoms with Crippen molar-refractivity contribution in [2.24, 2.45) is 0 Å². The second kappa shape index (κ2) is 8.92. The number of furan rings is 1. The van der Waals surface area contributed by atoms with Gasteiger partial charge in [-0.3, -0.25) is 9.59 Å². The number of carbonyl (C=O) groups is 3. The van der Waals surface area contributed by atoms with Crippen LogP contribution in [-0.4, -0.2) is 37.6 Å². The van der Waals surface area contributed by atoms with E-state index in [1.807, 2.05) is 0 Å². The van der Waals surface area contributed by atoms with E-state index < -0.39 is 24.4 Å². The number of thiophene rings is 1. The second-order valence-corrected chi connectivity index (χ2v) is 7.59. The number of ether oxygens (including phenoxy) is 3. The normalized spacial score (nSPS) is 12.2. The molecule has 1 aliphatic heterocycles. The lowest BCUT2D eigenvalue weighted by Gasteiger charge is -2.19. The fourth-order valence-electron chi connectivity index (χ4n) is 2.84. The highest BCUT2D eigenvalue weighted by atomic mass is 32.1. The molecule has 9 nitrogen and oxygen atoms in total. The zero-order valence-electron chi connectivity index (χ0n) is 16.4. The van der Waals surface area contributed by atoms with Crippen molar-refractivity contribution in [1.82, 2.24) is 0 Å². The van der Waals surface area contributed by atoms with E-state index in [9.17, 15) is 14.4 Å². The smallest absolute Gasteiger partial charge is 0.349 e. The molecule has 0 atom stereocenters. The van der Waals surface area contributed by atoms with Gasteiger partial charge >= 0.3 is 5.97 Å². The van der Waals surface area contributed by atoms with Crippen LogP contribution in [0.5, 0.6) is 11.5 Å². The van der Waals surface area contributed by atoms with Crippen LogP contribution in [0.4, 0.5) is 10.7 Å². The molecule has 0 spiro atoms. The summed E-state index contributed by atoms with van der Waals surface area (Å²) in [5, 5.41) is 5.77. The first-order valence-electron chi connectivity index (χ1n) is 9.31. The fraction of sp³-hybridized carbons (Fsp3) is 0.190. The van der Waals surface area contributed by atoms with Gasteiger partial charge < -0.3 is 29.3 Å². The Balaban J connectivity index is 1.31. The summed E-state index contributed by atoms with van der Waals surface area (Å²) in [6.07, 6.45) is 1.40. The van der Waals surface area contributed by atoms with Gasteiger partial charge in [0.1, 0.15) is 18.1 Å². The van der Waals surface area contributed by atoms with Crippen molar-refractivity contribution in [2.75, 3.05) is 30.5 Å². The maximum atomic E-state index is 12.4. The number of fused-ring (bicyclic) bond motifs is 1. The van der Waals surface area contributed by atoms with Gasteiger partial charge in [0.05, 0.1) is 11.3 Å². The summed E-state index contributed by atoms with van der Waals surface area (Å²) in [5.41, 5.74) is 1.12. The summed E-state index contributed by atoms with van der Waals surface area (Å²) < 4.78 is 21.1. The Hall–Kier alpha value is -3.79. The third kappa shape index (κ3) is 4.86. The van der Waals surface area contributed by atoms with Crippen molar-refractivity contribution in [3.05, 3.63) is 58.9 Å². The lowest BCUT2D eigenvalue weighted by atomic mass is 10.2. The van der Waals surface area contributed by atoms with E-state index in [2.05, 4.69) is 10.6 Å². The molecular formula is C21H18N2O7S. The maximum Gasteiger partial charge on any atom is 0.349 e. The Bertz CT molecular complexity index is 1120. The Morgan fingerprint density at radius 3 is 2.65 bits per heavy atom. The summed E-state index contributed by atoms with van der Waals surface area (Å²) in [7, 11) is 0. The predicted molar refractivity (Wildman–Crippen MR) is 112 cm³/mol. The Morgan fingerprint density at radius 2 is 1.87 bits per heavy atom. The highest BCUT2D eigenvalue weighted by Crippen LogP contribution is 2.32. The fourth-order valence-corrected chi connectivity index (χ4v) is 3.80. The molecule has 10 heteroatoms. The lowest BCUT2D eigenvalue weighted by molar-refractivity contribution is -0.119. The molecule has 160 valence electrons. The number of carbonyl (C=O) groups excluding carboxylic acids is 3. The Kier molecular flexibility index (Phi) is 5.89. The van der Waals surface area contributed by atoms with Gasteiger partial charge in [0.25, 0.3) is 11.8 Å². The molecule has 2 amide bonds. The number of hydrogen-bond acceptors (Lipinski definition) is 8. The molecule has 1 aliphatic rings. The molecule has 3 heterocycles. The predicted octanol–water partition coefficient (Wildman–Crippen LogP) is 3.47. The van der Waals surface area contributed by atoms with E-state index in [0.717, 1.165) is 11.3 Å².